The Morgan fingerprint density at radius 2 is 1.45 bits per heavy atom. The van der Waals surface area contributed by atoms with Gasteiger partial charge in [0, 0.05) is 18.2 Å². The van der Waals surface area contributed by atoms with E-state index in [4.69, 9.17) is 4.74 Å². The second kappa shape index (κ2) is 11.3. The Kier molecular flexibility index (Phi) is 9.14. The van der Waals surface area contributed by atoms with Gasteiger partial charge in [-0.05, 0) is 152 Å². The summed E-state index contributed by atoms with van der Waals surface area (Å²) in [6.07, 6.45) is 10.4. The van der Waals surface area contributed by atoms with Crippen molar-refractivity contribution in [1.29, 1.82) is 0 Å². The number of hydrogen-bond acceptors (Lipinski definition) is 2. The maximum atomic E-state index is 6.54. The Labute approximate surface area is 294 Å². The first kappa shape index (κ1) is 37.9. The predicted octanol–water partition coefficient (Wildman–Crippen LogP) is 12.2. The molecule has 1 aliphatic heterocycles. The van der Waals surface area contributed by atoms with Gasteiger partial charge in [-0.1, -0.05) is 109 Å². The van der Waals surface area contributed by atoms with Crippen LogP contribution in [0.25, 0.3) is 0 Å². The lowest BCUT2D eigenvalue weighted by molar-refractivity contribution is -0.161. The lowest BCUT2D eigenvalue weighted by Crippen LogP contribution is -2.58. The van der Waals surface area contributed by atoms with Crippen LogP contribution in [0.2, 0.25) is 0 Å². The molecule has 4 bridgehead atoms. The van der Waals surface area contributed by atoms with Crippen molar-refractivity contribution in [1.82, 2.24) is 5.32 Å². The van der Waals surface area contributed by atoms with Gasteiger partial charge in [0.25, 0.3) is 0 Å². The zero-order chi connectivity index (χ0) is 35.7. The molecule has 0 spiro atoms. The van der Waals surface area contributed by atoms with E-state index in [0.717, 1.165) is 29.6 Å². The summed E-state index contributed by atoms with van der Waals surface area (Å²) in [6, 6.07) is 0. The summed E-state index contributed by atoms with van der Waals surface area (Å²) < 4.78 is 6.54. The molecule has 0 aromatic carbocycles. The zero-order valence-corrected chi connectivity index (χ0v) is 35.0. The predicted molar refractivity (Wildman–Crippen MR) is 203 cm³/mol. The van der Waals surface area contributed by atoms with E-state index in [-0.39, 0.29) is 32.9 Å². The highest BCUT2D eigenvalue weighted by atomic mass is 16.5. The highest BCUT2D eigenvalue weighted by Crippen LogP contribution is 2.73. The number of methoxy groups -OCH3 is 1. The summed E-state index contributed by atoms with van der Waals surface area (Å²) in [4.78, 5) is 0. The zero-order valence-electron chi connectivity index (χ0n) is 35.0. The van der Waals surface area contributed by atoms with Crippen LogP contribution in [0.4, 0.5) is 0 Å². The molecular formula is C45H81NO. The van der Waals surface area contributed by atoms with Crippen LogP contribution < -0.4 is 5.32 Å². The Bertz CT molecular complexity index is 1210. The second-order valence-corrected chi connectivity index (χ2v) is 23.0. The maximum Gasteiger partial charge on any atom is 0.0684 e. The summed E-state index contributed by atoms with van der Waals surface area (Å²) in [5.74, 6) is 7.24. The van der Waals surface area contributed by atoms with E-state index in [2.05, 4.69) is 136 Å². The van der Waals surface area contributed by atoms with Crippen molar-refractivity contribution in [3.05, 3.63) is 11.6 Å². The van der Waals surface area contributed by atoms with Gasteiger partial charge in [-0.25, -0.2) is 0 Å². The normalized spacial score (nSPS) is 44.4. The number of fused-ring (bicyclic) bond motifs is 4. The highest BCUT2D eigenvalue weighted by Gasteiger charge is 2.72. The molecule has 4 aliphatic carbocycles. The molecule has 4 saturated carbocycles. The minimum absolute atomic E-state index is 0.0107. The average molecular weight is 652 g/mol. The molecule has 13 unspecified atom stereocenters. The number of hydrogen-bond donors (Lipinski definition) is 1. The van der Waals surface area contributed by atoms with Crippen molar-refractivity contribution in [3.63, 3.8) is 0 Å². The van der Waals surface area contributed by atoms with Gasteiger partial charge in [0.05, 0.1) is 5.60 Å². The second-order valence-electron chi connectivity index (χ2n) is 23.0. The van der Waals surface area contributed by atoms with Crippen molar-refractivity contribution >= 4 is 0 Å². The van der Waals surface area contributed by atoms with Crippen molar-refractivity contribution < 1.29 is 4.74 Å². The molecule has 1 N–H and O–H groups in total. The standard InChI is InChI=1S/C45H81NO/c1-20-29-23-30-24-32(29)34(35(30)39(7,8)9)27(2)40(10,11)36-31-25-33(43(16,26-31)47-19)37(36)42(14,15)41(12,13)28(3)45(18)44(17,46-45)22-21-38(4,5)6/h20,27-28,30-37,46H,21-26H2,1-19H3/b29-20+. The first-order valence-corrected chi connectivity index (χ1v) is 20.1. The van der Waals surface area contributed by atoms with E-state index in [1.807, 2.05) is 7.11 Å². The largest absolute Gasteiger partial charge is 0.378 e. The molecule has 272 valence electrons. The first-order chi connectivity index (χ1) is 21.1. The highest BCUT2D eigenvalue weighted by molar-refractivity contribution is 5.28. The molecule has 5 fully saturated rings. The Morgan fingerprint density at radius 3 is 1.96 bits per heavy atom. The molecule has 1 saturated heterocycles. The third-order valence-corrected chi connectivity index (χ3v) is 18.1. The average Bonchev–Trinajstić information content (AvgIpc) is 3.49. The lowest BCUT2D eigenvalue weighted by Gasteiger charge is -2.61. The number of allylic oxidation sites excluding steroid dienone is 2. The molecule has 13 atom stereocenters. The van der Waals surface area contributed by atoms with Gasteiger partial charge >= 0.3 is 0 Å². The van der Waals surface area contributed by atoms with Crippen LogP contribution in [0.1, 0.15) is 163 Å². The molecule has 0 aromatic heterocycles. The van der Waals surface area contributed by atoms with Crippen LogP contribution in [0, 0.1) is 86.3 Å². The Balaban J connectivity index is 1.51. The minimum atomic E-state index is -0.0107. The van der Waals surface area contributed by atoms with Crippen molar-refractivity contribution in [2.45, 2.75) is 180 Å². The molecule has 0 radical (unpaired) electrons. The van der Waals surface area contributed by atoms with Crippen molar-refractivity contribution in [2.24, 2.45) is 86.3 Å². The van der Waals surface area contributed by atoms with E-state index in [9.17, 15) is 0 Å². The molecule has 5 aliphatic rings. The van der Waals surface area contributed by atoms with E-state index in [1.54, 1.807) is 5.57 Å². The SMILES string of the molecule is C/C=C1\CC2CC1C(C(C)C(C)(C)C1C3CC(C1C(C)(C)C(C)(C)C(C)C1(C)NC1(C)CCC(C)(C)C)C(C)(OC)C3)C2C(C)(C)C. The van der Waals surface area contributed by atoms with E-state index < -0.39 is 0 Å². The number of ether oxygens (including phenoxy) is 1. The Morgan fingerprint density at radius 1 is 0.851 bits per heavy atom. The molecule has 2 nitrogen and oxygen atoms in total. The molecule has 5 rings (SSSR count). The van der Waals surface area contributed by atoms with Crippen LogP contribution in [0.15, 0.2) is 11.6 Å². The third-order valence-electron chi connectivity index (χ3n) is 18.1. The van der Waals surface area contributed by atoms with Crippen LogP contribution in [0.5, 0.6) is 0 Å². The number of nitrogens with one attached hydrogen (secondary N) is 1. The smallest absolute Gasteiger partial charge is 0.0684 e. The maximum absolute atomic E-state index is 6.54. The van der Waals surface area contributed by atoms with Gasteiger partial charge in [0.15, 0.2) is 0 Å². The summed E-state index contributed by atoms with van der Waals surface area (Å²) in [6.45, 7) is 46.2. The number of rotatable bonds is 10. The summed E-state index contributed by atoms with van der Waals surface area (Å²) in [7, 11) is 2.01. The molecule has 0 amide bonds. The quantitative estimate of drug-likeness (QED) is 0.188. The van der Waals surface area contributed by atoms with Gasteiger partial charge < -0.3 is 10.1 Å². The first-order valence-electron chi connectivity index (χ1n) is 20.1. The van der Waals surface area contributed by atoms with Gasteiger partial charge in [-0.2, -0.15) is 0 Å². The van der Waals surface area contributed by atoms with Crippen molar-refractivity contribution in [2.75, 3.05) is 7.11 Å². The molecule has 47 heavy (non-hydrogen) atoms. The van der Waals surface area contributed by atoms with Crippen LogP contribution >= 0.6 is 0 Å². The fourth-order valence-electron chi connectivity index (χ4n) is 14.0. The van der Waals surface area contributed by atoms with Crippen LogP contribution in [-0.4, -0.2) is 23.8 Å². The molecule has 0 aromatic rings. The van der Waals surface area contributed by atoms with Gasteiger partial charge in [0.1, 0.15) is 0 Å². The molecule has 1 heterocycles. The fraction of sp³-hybridized carbons (Fsp3) is 0.956. The van der Waals surface area contributed by atoms with Gasteiger partial charge in [0.2, 0.25) is 0 Å². The topological polar surface area (TPSA) is 31.2 Å². The Hall–Kier alpha value is -0.340. The summed E-state index contributed by atoms with van der Waals surface area (Å²) >= 11 is 0. The molecule has 2 heteroatoms. The summed E-state index contributed by atoms with van der Waals surface area (Å²) in [5, 5.41) is 4.13. The molecular weight excluding hydrogens is 571 g/mol. The van der Waals surface area contributed by atoms with Crippen LogP contribution in [0.3, 0.4) is 0 Å². The van der Waals surface area contributed by atoms with E-state index in [1.165, 1.54) is 38.5 Å². The fourth-order valence-corrected chi connectivity index (χ4v) is 14.0. The van der Waals surface area contributed by atoms with E-state index >= 15 is 0 Å². The third kappa shape index (κ3) is 5.60. The minimum Gasteiger partial charge on any atom is -0.378 e. The van der Waals surface area contributed by atoms with Crippen LogP contribution in [-0.2, 0) is 4.74 Å². The van der Waals surface area contributed by atoms with E-state index in [0.29, 0.717) is 40.4 Å². The van der Waals surface area contributed by atoms with Gasteiger partial charge in [-0.15, -0.1) is 0 Å². The van der Waals surface area contributed by atoms with Crippen molar-refractivity contribution in [3.8, 4) is 0 Å². The lowest BCUT2D eigenvalue weighted by atomic mass is 9.44. The monoisotopic (exact) mass is 652 g/mol. The summed E-state index contributed by atoms with van der Waals surface area (Å²) in [5.41, 5.74) is 3.43. The van der Waals surface area contributed by atoms with Gasteiger partial charge in [-0.3, -0.25) is 0 Å².